The van der Waals surface area contributed by atoms with E-state index in [-0.39, 0.29) is 5.91 Å². The fourth-order valence-corrected chi connectivity index (χ4v) is 1.63. The zero-order valence-corrected chi connectivity index (χ0v) is 10.1. The lowest BCUT2D eigenvalue weighted by Gasteiger charge is -2.22. The van der Waals surface area contributed by atoms with Crippen molar-refractivity contribution in [2.75, 3.05) is 20.1 Å². The highest BCUT2D eigenvalue weighted by Gasteiger charge is 2.11. The molecular formula is C13H20N2O. The Balaban J connectivity index is 2.60. The van der Waals surface area contributed by atoms with Crippen LogP contribution in [0, 0.1) is 0 Å². The number of hydrogen-bond donors (Lipinski definition) is 1. The number of benzene rings is 1. The maximum Gasteiger partial charge on any atom is 0.236 e. The third-order valence-corrected chi connectivity index (χ3v) is 2.39. The van der Waals surface area contributed by atoms with Crippen LogP contribution in [0.3, 0.4) is 0 Å². The standard InChI is InChI=1S/C13H20N2O/c1-3-9-15(13(16)10-14-2)11-12-7-5-4-6-8-12/h4-8,14H,3,9-11H2,1-2H3. The Hall–Kier alpha value is -1.35. The van der Waals surface area contributed by atoms with Gasteiger partial charge in [-0.1, -0.05) is 37.3 Å². The first-order chi connectivity index (χ1) is 7.77. The minimum atomic E-state index is 0.160. The first-order valence-corrected chi connectivity index (χ1v) is 5.74. The Morgan fingerprint density at radius 2 is 2.00 bits per heavy atom. The van der Waals surface area contributed by atoms with E-state index in [1.165, 1.54) is 5.56 Å². The number of likely N-dealkylation sites (N-methyl/N-ethyl adjacent to an activating group) is 1. The second-order valence-electron chi connectivity index (χ2n) is 3.83. The van der Waals surface area contributed by atoms with E-state index in [2.05, 4.69) is 24.4 Å². The van der Waals surface area contributed by atoms with E-state index in [4.69, 9.17) is 0 Å². The van der Waals surface area contributed by atoms with Crippen molar-refractivity contribution in [2.45, 2.75) is 19.9 Å². The highest BCUT2D eigenvalue weighted by atomic mass is 16.2. The average Bonchev–Trinajstić information content (AvgIpc) is 2.30. The summed E-state index contributed by atoms with van der Waals surface area (Å²) in [7, 11) is 1.80. The number of carbonyl (C=O) groups excluding carboxylic acids is 1. The molecule has 0 radical (unpaired) electrons. The summed E-state index contributed by atoms with van der Waals surface area (Å²) in [5.74, 6) is 0.160. The van der Waals surface area contributed by atoms with Gasteiger partial charge < -0.3 is 10.2 Å². The van der Waals surface area contributed by atoms with Crippen LogP contribution in [0.4, 0.5) is 0 Å². The molecule has 0 aliphatic carbocycles. The molecular weight excluding hydrogens is 200 g/mol. The van der Waals surface area contributed by atoms with Crippen LogP contribution in [-0.2, 0) is 11.3 Å². The van der Waals surface area contributed by atoms with Crippen LogP contribution in [0.2, 0.25) is 0 Å². The van der Waals surface area contributed by atoms with Gasteiger partial charge in [0.2, 0.25) is 5.91 Å². The van der Waals surface area contributed by atoms with Gasteiger partial charge in [-0.2, -0.15) is 0 Å². The van der Waals surface area contributed by atoms with Gasteiger partial charge in [0.05, 0.1) is 6.54 Å². The van der Waals surface area contributed by atoms with Crippen molar-refractivity contribution in [1.29, 1.82) is 0 Å². The Morgan fingerprint density at radius 3 is 2.56 bits per heavy atom. The molecule has 16 heavy (non-hydrogen) atoms. The molecule has 0 unspecified atom stereocenters. The van der Waals surface area contributed by atoms with Gasteiger partial charge in [0, 0.05) is 13.1 Å². The highest BCUT2D eigenvalue weighted by molar-refractivity contribution is 5.78. The number of hydrogen-bond acceptors (Lipinski definition) is 2. The fraction of sp³-hybridized carbons (Fsp3) is 0.462. The van der Waals surface area contributed by atoms with Crippen LogP contribution < -0.4 is 5.32 Å². The van der Waals surface area contributed by atoms with Crippen molar-refractivity contribution in [3.8, 4) is 0 Å². The summed E-state index contributed by atoms with van der Waals surface area (Å²) in [6.07, 6.45) is 0.988. The molecule has 0 saturated carbocycles. The lowest BCUT2D eigenvalue weighted by atomic mass is 10.2. The van der Waals surface area contributed by atoms with E-state index in [9.17, 15) is 4.79 Å². The van der Waals surface area contributed by atoms with Crippen LogP contribution >= 0.6 is 0 Å². The average molecular weight is 220 g/mol. The summed E-state index contributed by atoms with van der Waals surface area (Å²) in [4.78, 5) is 13.7. The van der Waals surface area contributed by atoms with Gasteiger partial charge in [-0.3, -0.25) is 4.79 Å². The minimum absolute atomic E-state index is 0.160. The molecule has 1 amide bonds. The molecule has 88 valence electrons. The highest BCUT2D eigenvalue weighted by Crippen LogP contribution is 2.05. The zero-order chi connectivity index (χ0) is 11.8. The molecule has 0 bridgehead atoms. The molecule has 3 heteroatoms. The molecule has 0 aliphatic heterocycles. The number of nitrogens with zero attached hydrogens (tertiary/aromatic N) is 1. The molecule has 0 saturated heterocycles. The normalized spacial score (nSPS) is 10.1. The molecule has 0 aliphatic rings. The van der Waals surface area contributed by atoms with Crippen molar-refractivity contribution in [3.63, 3.8) is 0 Å². The van der Waals surface area contributed by atoms with E-state index in [0.717, 1.165) is 13.0 Å². The second-order valence-corrected chi connectivity index (χ2v) is 3.83. The summed E-state index contributed by atoms with van der Waals surface area (Å²) in [6.45, 7) is 4.02. The smallest absolute Gasteiger partial charge is 0.236 e. The van der Waals surface area contributed by atoms with E-state index in [1.54, 1.807) is 7.05 Å². The van der Waals surface area contributed by atoms with Gasteiger partial charge in [0.1, 0.15) is 0 Å². The number of rotatable bonds is 6. The van der Waals surface area contributed by atoms with Crippen molar-refractivity contribution in [1.82, 2.24) is 10.2 Å². The summed E-state index contributed by atoms with van der Waals surface area (Å²) < 4.78 is 0. The molecule has 1 N–H and O–H groups in total. The molecule has 1 aromatic carbocycles. The third kappa shape index (κ3) is 4.03. The molecule has 3 nitrogen and oxygen atoms in total. The Bertz CT molecular complexity index is 311. The van der Waals surface area contributed by atoms with Gasteiger partial charge in [-0.05, 0) is 19.0 Å². The maximum absolute atomic E-state index is 11.8. The first kappa shape index (κ1) is 12.7. The molecule has 1 rings (SSSR count). The molecule has 0 atom stereocenters. The van der Waals surface area contributed by atoms with Crippen LogP contribution in [0.1, 0.15) is 18.9 Å². The van der Waals surface area contributed by atoms with Gasteiger partial charge in [-0.25, -0.2) is 0 Å². The Morgan fingerprint density at radius 1 is 1.31 bits per heavy atom. The fourth-order valence-electron chi connectivity index (χ4n) is 1.63. The van der Waals surface area contributed by atoms with E-state index in [0.29, 0.717) is 13.1 Å². The van der Waals surface area contributed by atoms with E-state index >= 15 is 0 Å². The van der Waals surface area contributed by atoms with Crippen LogP contribution in [0.15, 0.2) is 30.3 Å². The lowest BCUT2D eigenvalue weighted by molar-refractivity contribution is -0.130. The summed E-state index contributed by atoms with van der Waals surface area (Å²) in [5.41, 5.74) is 1.18. The van der Waals surface area contributed by atoms with Crippen LogP contribution in [0.5, 0.6) is 0 Å². The SMILES string of the molecule is CCCN(Cc1ccccc1)C(=O)CNC. The van der Waals surface area contributed by atoms with Gasteiger partial charge >= 0.3 is 0 Å². The predicted octanol–water partition coefficient (Wildman–Crippen LogP) is 1.64. The summed E-state index contributed by atoms with van der Waals surface area (Å²) >= 11 is 0. The predicted molar refractivity (Wildman–Crippen MR) is 66.1 cm³/mol. The monoisotopic (exact) mass is 220 g/mol. The minimum Gasteiger partial charge on any atom is -0.337 e. The molecule has 0 spiro atoms. The first-order valence-electron chi connectivity index (χ1n) is 5.74. The third-order valence-electron chi connectivity index (χ3n) is 2.39. The Kier molecular flexibility index (Phi) is 5.57. The quantitative estimate of drug-likeness (QED) is 0.790. The van der Waals surface area contributed by atoms with Gasteiger partial charge in [-0.15, -0.1) is 0 Å². The molecule has 0 fully saturated rings. The topological polar surface area (TPSA) is 32.3 Å². The largest absolute Gasteiger partial charge is 0.337 e. The lowest BCUT2D eigenvalue weighted by Crippen LogP contribution is -2.37. The Labute approximate surface area is 97.5 Å². The van der Waals surface area contributed by atoms with Gasteiger partial charge in [0.25, 0.3) is 0 Å². The van der Waals surface area contributed by atoms with Crippen LogP contribution in [0.25, 0.3) is 0 Å². The number of amides is 1. The molecule has 1 aromatic rings. The van der Waals surface area contributed by atoms with Crippen molar-refractivity contribution in [2.24, 2.45) is 0 Å². The summed E-state index contributed by atoms with van der Waals surface area (Å²) in [5, 5.41) is 2.90. The van der Waals surface area contributed by atoms with E-state index in [1.807, 2.05) is 23.1 Å². The zero-order valence-electron chi connectivity index (χ0n) is 10.1. The van der Waals surface area contributed by atoms with E-state index < -0.39 is 0 Å². The van der Waals surface area contributed by atoms with Crippen molar-refractivity contribution >= 4 is 5.91 Å². The van der Waals surface area contributed by atoms with Crippen molar-refractivity contribution < 1.29 is 4.79 Å². The van der Waals surface area contributed by atoms with Gasteiger partial charge in [0.15, 0.2) is 0 Å². The van der Waals surface area contributed by atoms with Crippen LogP contribution in [-0.4, -0.2) is 30.9 Å². The maximum atomic E-state index is 11.8. The van der Waals surface area contributed by atoms with Crippen molar-refractivity contribution in [3.05, 3.63) is 35.9 Å². The summed E-state index contributed by atoms with van der Waals surface area (Å²) in [6, 6.07) is 10.1. The second kappa shape index (κ2) is 7.01. The molecule has 0 aromatic heterocycles. The number of carbonyl (C=O) groups is 1. The number of nitrogens with one attached hydrogen (secondary N) is 1. The molecule has 0 heterocycles.